The fourth-order valence-corrected chi connectivity index (χ4v) is 5.77. The van der Waals surface area contributed by atoms with Gasteiger partial charge in [-0.2, -0.15) is 9.97 Å². The number of phosphoric ester groups is 1. The van der Waals surface area contributed by atoms with Crippen LogP contribution in [0.25, 0.3) is 11.2 Å². The summed E-state index contributed by atoms with van der Waals surface area (Å²) in [5.74, 6) is 0.875. The molecule has 5 atom stereocenters. The fourth-order valence-electron chi connectivity index (χ4n) is 4.29. The van der Waals surface area contributed by atoms with Crippen molar-refractivity contribution in [2.45, 2.75) is 57.7 Å². The Labute approximate surface area is 212 Å². The standard InChI is InChI=1S/C23H29FN5O7P/c1-4-6-10-32-14-8-7-9-15(11-14)35-37(30)33-12-16-18(36-37)23(3,24)21(34-16)29-13-26-17-19(29)27-22(25)28-20(17)31-5-2/h7-9,11,13,16,18,21H,4-6,10,12H2,1-3H3,(H2,25,27,28)/t16-,18-,21-,23-,37?/m1/s1. The molecule has 2 aliphatic heterocycles. The van der Waals surface area contributed by atoms with E-state index in [0.717, 1.165) is 12.8 Å². The average Bonchev–Trinajstić information content (AvgIpc) is 3.37. The summed E-state index contributed by atoms with van der Waals surface area (Å²) in [7, 11) is -4.18. The van der Waals surface area contributed by atoms with E-state index in [0.29, 0.717) is 24.5 Å². The largest absolute Gasteiger partial charge is 0.530 e. The normalized spacial score (nSPS) is 29.2. The maximum Gasteiger partial charge on any atom is 0.530 e. The minimum atomic E-state index is -4.18. The molecular formula is C23H29FN5O7P. The number of nitrogen functional groups attached to an aromatic ring is 1. The number of nitrogens with zero attached hydrogens (tertiary/aromatic N) is 4. The van der Waals surface area contributed by atoms with Crippen molar-refractivity contribution < 1.29 is 36.7 Å². The van der Waals surface area contributed by atoms with Crippen molar-refractivity contribution in [3.05, 3.63) is 30.6 Å². The van der Waals surface area contributed by atoms with Crippen LogP contribution in [0.4, 0.5) is 10.3 Å². The highest BCUT2D eigenvalue weighted by atomic mass is 31.2. The number of hydrogen-bond acceptors (Lipinski definition) is 11. The fraction of sp³-hybridized carbons (Fsp3) is 0.522. The molecule has 0 radical (unpaired) electrons. The summed E-state index contributed by atoms with van der Waals surface area (Å²) in [5.41, 5.74) is 4.19. The zero-order valence-corrected chi connectivity index (χ0v) is 21.6. The Kier molecular flexibility index (Phi) is 6.97. The van der Waals surface area contributed by atoms with Crippen molar-refractivity contribution in [3.8, 4) is 17.4 Å². The maximum atomic E-state index is 16.3. The first-order valence-corrected chi connectivity index (χ1v) is 13.5. The Balaban J connectivity index is 1.37. The van der Waals surface area contributed by atoms with Gasteiger partial charge >= 0.3 is 7.82 Å². The number of unbranched alkanes of at least 4 members (excludes halogenated alkanes) is 1. The minimum absolute atomic E-state index is 0.0629. The molecule has 1 aromatic carbocycles. The van der Waals surface area contributed by atoms with Crippen LogP contribution < -0.4 is 19.7 Å². The van der Waals surface area contributed by atoms with Crippen LogP contribution >= 0.6 is 7.82 Å². The van der Waals surface area contributed by atoms with E-state index in [4.69, 9.17) is 33.5 Å². The van der Waals surface area contributed by atoms with Gasteiger partial charge in [0.1, 0.15) is 23.7 Å². The molecule has 37 heavy (non-hydrogen) atoms. The van der Waals surface area contributed by atoms with E-state index in [1.165, 1.54) is 17.8 Å². The Bertz CT molecular complexity index is 1320. The number of imidazole rings is 1. The molecule has 0 aliphatic carbocycles. The van der Waals surface area contributed by atoms with E-state index in [1.54, 1.807) is 31.2 Å². The number of alkyl halides is 1. The van der Waals surface area contributed by atoms with E-state index in [1.807, 2.05) is 0 Å². The summed E-state index contributed by atoms with van der Waals surface area (Å²) in [5, 5.41) is 0. The zero-order valence-electron chi connectivity index (χ0n) is 20.7. The van der Waals surface area contributed by atoms with Gasteiger partial charge in [-0.25, -0.2) is 13.9 Å². The lowest BCUT2D eigenvalue weighted by atomic mass is 9.98. The smallest absolute Gasteiger partial charge is 0.493 e. The predicted molar refractivity (Wildman–Crippen MR) is 130 cm³/mol. The van der Waals surface area contributed by atoms with Gasteiger partial charge in [0.25, 0.3) is 0 Å². The molecule has 2 saturated heterocycles. The molecule has 14 heteroatoms. The lowest BCUT2D eigenvalue weighted by Crippen LogP contribution is -2.45. The molecule has 5 rings (SSSR count). The molecule has 1 unspecified atom stereocenters. The molecule has 0 spiro atoms. The van der Waals surface area contributed by atoms with Gasteiger partial charge < -0.3 is 24.5 Å². The third-order valence-electron chi connectivity index (χ3n) is 6.05. The lowest BCUT2D eigenvalue weighted by Gasteiger charge is -2.33. The van der Waals surface area contributed by atoms with Crippen LogP contribution in [0.2, 0.25) is 0 Å². The number of anilines is 1. The predicted octanol–water partition coefficient (Wildman–Crippen LogP) is 4.21. The number of aromatic nitrogens is 4. The third-order valence-corrected chi connectivity index (χ3v) is 7.43. The van der Waals surface area contributed by atoms with Crippen molar-refractivity contribution in [1.82, 2.24) is 19.5 Å². The highest BCUT2D eigenvalue weighted by Crippen LogP contribution is 2.59. The molecule has 2 fully saturated rings. The number of phosphoric acid groups is 1. The van der Waals surface area contributed by atoms with Crippen LogP contribution in [0.15, 0.2) is 30.6 Å². The van der Waals surface area contributed by atoms with Crippen molar-refractivity contribution in [2.75, 3.05) is 25.6 Å². The number of rotatable bonds is 9. The zero-order chi connectivity index (χ0) is 26.2. The minimum Gasteiger partial charge on any atom is -0.493 e. The van der Waals surface area contributed by atoms with Gasteiger partial charge in [-0.15, -0.1) is 0 Å². The SMILES string of the molecule is CCCCOc1cccc(OP2(=O)OC[C@H]3O[C@@H](n4cnc5c(OCC)nc(N)nc54)[C@](C)(F)[C@@H]3O2)c1. The number of halogens is 1. The van der Waals surface area contributed by atoms with Crippen molar-refractivity contribution >= 4 is 24.9 Å². The van der Waals surface area contributed by atoms with E-state index in [9.17, 15) is 4.57 Å². The molecule has 0 bridgehead atoms. The molecule has 2 aromatic heterocycles. The molecule has 2 N–H and O–H groups in total. The van der Waals surface area contributed by atoms with Crippen LogP contribution in [0, 0.1) is 0 Å². The molecule has 0 amide bonds. The molecule has 3 aromatic rings. The first-order valence-electron chi connectivity index (χ1n) is 12.1. The van der Waals surface area contributed by atoms with Gasteiger partial charge in [-0.3, -0.25) is 13.6 Å². The van der Waals surface area contributed by atoms with Gasteiger partial charge in [0.05, 0.1) is 26.1 Å². The highest BCUT2D eigenvalue weighted by molar-refractivity contribution is 7.49. The first-order chi connectivity index (χ1) is 17.7. The van der Waals surface area contributed by atoms with Crippen molar-refractivity contribution in [1.29, 1.82) is 0 Å². The summed E-state index contributed by atoms with van der Waals surface area (Å²) in [4.78, 5) is 12.5. The van der Waals surface area contributed by atoms with E-state index in [2.05, 4.69) is 21.9 Å². The molecule has 12 nitrogen and oxygen atoms in total. The topological polar surface area (TPSA) is 142 Å². The van der Waals surface area contributed by atoms with Gasteiger partial charge in [0.2, 0.25) is 11.8 Å². The number of hydrogen-bond donors (Lipinski definition) is 1. The summed E-state index contributed by atoms with van der Waals surface area (Å²) >= 11 is 0. The van der Waals surface area contributed by atoms with E-state index in [-0.39, 0.29) is 29.8 Å². The van der Waals surface area contributed by atoms with Gasteiger partial charge in [0.15, 0.2) is 23.1 Å². The van der Waals surface area contributed by atoms with Crippen molar-refractivity contribution in [3.63, 3.8) is 0 Å². The quantitative estimate of drug-likeness (QED) is 0.310. The van der Waals surface area contributed by atoms with Crippen LogP contribution in [0.5, 0.6) is 17.4 Å². The second kappa shape index (κ2) is 10.1. The second-order valence-corrected chi connectivity index (χ2v) is 10.4. The Morgan fingerprint density at radius 3 is 2.86 bits per heavy atom. The van der Waals surface area contributed by atoms with Crippen LogP contribution in [0.3, 0.4) is 0 Å². The Morgan fingerprint density at radius 2 is 2.08 bits per heavy atom. The van der Waals surface area contributed by atoms with Gasteiger partial charge in [-0.1, -0.05) is 19.4 Å². The average molecular weight is 537 g/mol. The summed E-state index contributed by atoms with van der Waals surface area (Å²) in [6.45, 7) is 5.80. The number of ether oxygens (including phenoxy) is 3. The highest BCUT2D eigenvalue weighted by Gasteiger charge is 2.62. The Hall–Kier alpha value is -2.99. The van der Waals surface area contributed by atoms with Crippen LogP contribution in [0.1, 0.15) is 39.8 Å². The molecule has 0 saturated carbocycles. The number of fused-ring (bicyclic) bond motifs is 2. The summed E-state index contributed by atoms with van der Waals surface area (Å²) in [6, 6.07) is 6.62. The van der Waals surface area contributed by atoms with E-state index >= 15 is 4.39 Å². The molecular weight excluding hydrogens is 508 g/mol. The van der Waals surface area contributed by atoms with Gasteiger partial charge in [-0.05, 0) is 32.4 Å². The molecule has 2 aliphatic rings. The third kappa shape index (κ3) is 4.96. The van der Waals surface area contributed by atoms with Crippen LogP contribution in [-0.4, -0.2) is 57.2 Å². The van der Waals surface area contributed by atoms with E-state index < -0.39 is 31.9 Å². The van der Waals surface area contributed by atoms with Crippen LogP contribution in [-0.2, 0) is 18.3 Å². The molecule has 4 heterocycles. The Morgan fingerprint density at radius 1 is 1.27 bits per heavy atom. The summed E-state index contributed by atoms with van der Waals surface area (Å²) < 4.78 is 64.8. The number of nitrogens with two attached hydrogens (primary N) is 1. The van der Waals surface area contributed by atoms with Crippen molar-refractivity contribution in [2.24, 2.45) is 0 Å². The lowest BCUT2D eigenvalue weighted by molar-refractivity contribution is -0.0655. The second-order valence-electron chi connectivity index (χ2n) is 8.86. The summed E-state index contributed by atoms with van der Waals surface area (Å²) in [6.07, 6.45) is -0.110. The monoisotopic (exact) mass is 537 g/mol. The molecule has 200 valence electrons. The number of benzene rings is 1. The first kappa shape index (κ1) is 25.7. The van der Waals surface area contributed by atoms with Gasteiger partial charge in [0, 0.05) is 6.07 Å². The maximum absolute atomic E-state index is 16.3.